The molecule has 2 atom stereocenters. The molecule has 0 spiro atoms. The molecule has 2 aliphatic rings. The first-order valence-electron chi connectivity index (χ1n) is 8.08. The molecule has 1 aromatic carbocycles. The Morgan fingerprint density at radius 1 is 1.43 bits per heavy atom. The molecule has 5 heteroatoms. The van der Waals surface area contributed by atoms with E-state index in [4.69, 9.17) is 4.98 Å². The van der Waals surface area contributed by atoms with Crippen molar-refractivity contribution in [1.29, 1.82) is 0 Å². The quantitative estimate of drug-likeness (QED) is 0.818. The van der Waals surface area contributed by atoms with E-state index in [0.29, 0.717) is 12.3 Å². The maximum absolute atomic E-state index is 13.2. The minimum absolute atomic E-state index is 0.0232. The molecule has 1 N–H and O–H groups in total. The molecule has 0 saturated heterocycles. The van der Waals surface area contributed by atoms with Crippen LogP contribution in [0.2, 0.25) is 0 Å². The van der Waals surface area contributed by atoms with Crippen molar-refractivity contribution in [2.45, 2.75) is 49.9 Å². The summed E-state index contributed by atoms with van der Waals surface area (Å²) in [6.45, 7) is 4.64. The zero-order chi connectivity index (χ0) is 16.2. The van der Waals surface area contributed by atoms with E-state index >= 15 is 0 Å². The Bertz CT molecular complexity index is 845. The van der Waals surface area contributed by atoms with E-state index in [2.05, 4.69) is 32.0 Å². The van der Waals surface area contributed by atoms with Gasteiger partial charge in [-0.1, -0.05) is 49.9 Å². The van der Waals surface area contributed by atoms with Crippen LogP contribution in [0.1, 0.15) is 31.4 Å². The van der Waals surface area contributed by atoms with Gasteiger partial charge in [0.25, 0.3) is 5.56 Å². The van der Waals surface area contributed by atoms with E-state index in [1.807, 2.05) is 6.07 Å². The molecule has 2 heterocycles. The van der Waals surface area contributed by atoms with Gasteiger partial charge in [0.05, 0.1) is 23.9 Å². The first-order chi connectivity index (χ1) is 11.0. The number of aromatic nitrogens is 2. The monoisotopic (exact) mass is 328 g/mol. The van der Waals surface area contributed by atoms with E-state index in [-0.39, 0.29) is 11.0 Å². The lowest BCUT2D eigenvalue weighted by Gasteiger charge is -2.36. The zero-order valence-corrected chi connectivity index (χ0v) is 14.2. The lowest BCUT2D eigenvalue weighted by molar-refractivity contribution is 0.166. The Morgan fingerprint density at radius 3 is 3.00 bits per heavy atom. The predicted octanol–water partition coefficient (Wildman–Crippen LogP) is 2.60. The van der Waals surface area contributed by atoms with Crippen LogP contribution in [0.4, 0.5) is 0 Å². The van der Waals surface area contributed by atoms with Crippen LogP contribution >= 0.6 is 11.8 Å². The van der Waals surface area contributed by atoms with Crippen LogP contribution in [0.15, 0.2) is 34.2 Å². The van der Waals surface area contributed by atoms with Crippen molar-refractivity contribution in [3.63, 3.8) is 0 Å². The van der Waals surface area contributed by atoms with Gasteiger partial charge in [0, 0.05) is 16.7 Å². The van der Waals surface area contributed by atoms with Gasteiger partial charge < -0.3 is 5.11 Å². The average molecular weight is 328 g/mol. The van der Waals surface area contributed by atoms with Crippen LogP contribution in [0.5, 0.6) is 0 Å². The Hall–Kier alpha value is -1.59. The highest BCUT2D eigenvalue weighted by Crippen LogP contribution is 2.43. The molecule has 23 heavy (non-hydrogen) atoms. The molecule has 1 aliphatic heterocycles. The first kappa shape index (κ1) is 15.0. The second-order valence-corrected chi connectivity index (χ2v) is 7.73. The number of fused-ring (bicyclic) bond motifs is 4. The summed E-state index contributed by atoms with van der Waals surface area (Å²) in [7, 11) is 0. The maximum atomic E-state index is 13.2. The van der Waals surface area contributed by atoms with Crippen LogP contribution in [0, 0.1) is 0 Å². The van der Waals surface area contributed by atoms with E-state index < -0.39 is 6.10 Å². The third kappa shape index (κ3) is 2.17. The van der Waals surface area contributed by atoms with Gasteiger partial charge in [-0.05, 0) is 18.4 Å². The van der Waals surface area contributed by atoms with Gasteiger partial charge in [0.1, 0.15) is 0 Å². The molecular formula is C18H20N2O2S. The molecule has 120 valence electrons. The van der Waals surface area contributed by atoms with Crippen molar-refractivity contribution in [1.82, 2.24) is 9.55 Å². The molecule has 2 aromatic rings. The molecule has 0 radical (unpaired) electrons. The van der Waals surface area contributed by atoms with Crippen LogP contribution in [-0.4, -0.2) is 26.5 Å². The number of aliphatic hydroxyl groups is 1. The van der Waals surface area contributed by atoms with Crippen molar-refractivity contribution in [3.8, 4) is 11.3 Å². The maximum Gasteiger partial charge on any atom is 0.258 e. The number of aliphatic hydroxyl groups excluding tert-OH is 1. The minimum Gasteiger partial charge on any atom is -0.390 e. The molecule has 0 fully saturated rings. The molecule has 4 nitrogen and oxygen atoms in total. The standard InChI is InChI=1S/C18H20N2O2S/c1-3-18(2)8-11-6-4-5-7-13(11)15-14(18)16(22)20-9-12(21)10-23-17(20)19-15/h4-7,12,21H,3,8-10H2,1-2H3/t12-,18-/m1/s1. The Balaban J connectivity index is 2.05. The second-order valence-electron chi connectivity index (χ2n) is 6.75. The number of rotatable bonds is 1. The average Bonchev–Trinajstić information content (AvgIpc) is 2.55. The number of hydrogen-bond donors (Lipinski definition) is 1. The highest BCUT2D eigenvalue weighted by molar-refractivity contribution is 7.99. The van der Waals surface area contributed by atoms with Gasteiger partial charge in [0.15, 0.2) is 5.16 Å². The summed E-state index contributed by atoms with van der Waals surface area (Å²) < 4.78 is 1.67. The van der Waals surface area contributed by atoms with Gasteiger partial charge in [-0.3, -0.25) is 9.36 Å². The van der Waals surface area contributed by atoms with Gasteiger partial charge in [-0.25, -0.2) is 4.98 Å². The van der Waals surface area contributed by atoms with Crippen LogP contribution in [-0.2, 0) is 18.4 Å². The van der Waals surface area contributed by atoms with E-state index in [1.54, 1.807) is 4.57 Å². The summed E-state index contributed by atoms with van der Waals surface area (Å²) in [4.78, 5) is 18.0. The summed E-state index contributed by atoms with van der Waals surface area (Å²) >= 11 is 1.47. The summed E-state index contributed by atoms with van der Waals surface area (Å²) in [5.74, 6) is 0.595. The van der Waals surface area contributed by atoms with Gasteiger partial charge >= 0.3 is 0 Å². The van der Waals surface area contributed by atoms with Crippen molar-refractivity contribution in [2.24, 2.45) is 0 Å². The summed E-state index contributed by atoms with van der Waals surface area (Å²) in [6, 6.07) is 8.26. The van der Waals surface area contributed by atoms with E-state index in [1.165, 1.54) is 17.3 Å². The van der Waals surface area contributed by atoms with Crippen LogP contribution in [0.25, 0.3) is 11.3 Å². The highest BCUT2D eigenvalue weighted by atomic mass is 32.2. The molecule has 1 aromatic heterocycles. The van der Waals surface area contributed by atoms with Crippen molar-refractivity contribution < 1.29 is 5.11 Å². The third-order valence-electron chi connectivity index (χ3n) is 5.17. The summed E-state index contributed by atoms with van der Waals surface area (Å²) in [6.07, 6.45) is 1.27. The second kappa shape index (κ2) is 5.21. The van der Waals surface area contributed by atoms with Crippen molar-refractivity contribution in [2.75, 3.05) is 5.75 Å². The van der Waals surface area contributed by atoms with E-state index in [0.717, 1.165) is 34.8 Å². The molecule has 0 saturated carbocycles. The zero-order valence-electron chi connectivity index (χ0n) is 13.4. The lowest BCUT2D eigenvalue weighted by atomic mass is 9.69. The number of thioether (sulfide) groups is 1. The van der Waals surface area contributed by atoms with Gasteiger partial charge in [-0.2, -0.15) is 0 Å². The minimum atomic E-state index is -0.478. The largest absolute Gasteiger partial charge is 0.390 e. The molecule has 0 amide bonds. The van der Waals surface area contributed by atoms with Crippen molar-refractivity contribution >= 4 is 11.8 Å². The molecule has 4 rings (SSSR count). The molecule has 1 aliphatic carbocycles. The predicted molar refractivity (Wildman–Crippen MR) is 92.0 cm³/mol. The van der Waals surface area contributed by atoms with Gasteiger partial charge in [0.2, 0.25) is 0 Å². The van der Waals surface area contributed by atoms with Gasteiger partial charge in [-0.15, -0.1) is 0 Å². The SMILES string of the molecule is CC[C@]1(C)Cc2ccccc2-c2nc3n(c(=O)c21)C[C@@H](O)CS3. The Kier molecular flexibility index (Phi) is 3.39. The number of nitrogens with zero attached hydrogens (tertiary/aromatic N) is 2. The Labute approximate surface area is 139 Å². The molecule has 0 bridgehead atoms. The Morgan fingerprint density at radius 2 is 2.22 bits per heavy atom. The topological polar surface area (TPSA) is 55.1 Å². The lowest BCUT2D eigenvalue weighted by Crippen LogP contribution is -2.42. The summed E-state index contributed by atoms with van der Waals surface area (Å²) in [5.41, 5.74) is 3.83. The molecule has 0 unspecified atom stereocenters. The highest BCUT2D eigenvalue weighted by Gasteiger charge is 2.38. The van der Waals surface area contributed by atoms with Crippen molar-refractivity contribution in [3.05, 3.63) is 45.7 Å². The number of hydrogen-bond acceptors (Lipinski definition) is 4. The first-order valence-corrected chi connectivity index (χ1v) is 9.06. The van der Waals surface area contributed by atoms with Crippen LogP contribution in [0.3, 0.4) is 0 Å². The smallest absolute Gasteiger partial charge is 0.258 e. The normalized spacial score (nSPS) is 25.4. The van der Waals surface area contributed by atoms with E-state index in [9.17, 15) is 9.90 Å². The third-order valence-corrected chi connectivity index (χ3v) is 6.29. The molecular weight excluding hydrogens is 308 g/mol. The fourth-order valence-corrected chi connectivity index (χ4v) is 4.61. The number of benzene rings is 1. The fraction of sp³-hybridized carbons (Fsp3) is 0.444. The fourth-order valence-electron chi connectivity index (χ4n) is 3.70. The van der Waals surface area contributed by atoms with Crippen LogP contribution < -0.4 is 5.56 Å². The summed E-state index contributed by atoms with van der Waals surface area (Å²) in [5, 5.41) is 10.7.